The lowest BCUT2D eigenvalue weighted by atomic mass is 9.88. The molecule has 0 spiro atoms. The highest BCUT2D eigenvalue weighted by Gasteiger charge is 2.28. The van der Waals surface area contributed by atoms with E-state index in [-0.39, 0.29) is 0 Å². The lowest BCUT2D eigenvalue weighted by Gasteiger charge is -2.21. The lowest BCUT2D eigenvalue weighted by molar-refractivity contribution is 0.552. The number of hydrogen-bond donors (Lipinski definition) is 0. The van der Waals surface area contributed by atoms with Gasteiger partial charge in [0, 0.05) is 18.6 Å². The van der Waals surface area contributed by atoms with Crippen LogP contribution in [0.1, 0.15) is 50.8 Å². The first kappa shape index (κ1) is 12.5. The largest absolute Gasteiger partial charge is 0.257 e. The molecule has 0 unspecified atom stereocenters. The predicted octanol–water partition coefficient (Wildman–Crippen LogP) is 2.11. The number of nitrogens with zero attached hydrogens (tertiary/aromatic N) is 5. The molecule has 2 rings (SSSR count). The van der Waals surface area contributed by atoms with E-state index in [1.807, 2.05) is 20.0 Å². The number of hydrogen-bond acceptors (Lipinski definition) is 5. The fraction of sp³-hybridized carbons (Fsp3) is 0.462. The lowest BCUT2D eigenvalue weighted by Crippen LogP contribution is -2.24. The zero-order chi connectivity index (χ0) is 13.2. The topological polar surface area (TPSA) is 64.5 Å². The van der Waals surface area contributed by atoms with Gasteiger partial charge in [-0.15, -0.1) is 5.10 Å². The first-order chi connectivity index (χ1) is 8.51. The molecule has 0 aliphatic carbocycles. The van der Waals surface area contributed by atoms with Crippen molar-refractivity contribution in [2.75, 3.05) is 0 Å². The molecule has 0 fully saturated rings. The molecule has 94 valence electrons. The molecule has 0 aliphatic rings. The predicted molar refractivity (Wildman–Crippen MR) is 68.1 cm³/mol. The van der Waals surface area contributed by atoms with Gasteiger partial charge in [-0.05, 0) is 19.8 Å². The Hall–Kier alpha value is -1.91. The molecule has 0 aliphatic heterocycles. The monoisotopic (exact) mass is 243 g/mol. The highest BCUT2D eigenvalue weighted by atomic mass is 15.1. The Morgan fingerprint density at radius 1 is 1.00 bits per heavy atom. The van der Waals surface area contributed by atoms with E-state index in [9.17, 15) is 0 Å². The van der Waals surface area contributed by atoms with Crippen LogP contribution >= 0.6 is 0 Å². The van der Waals surface area contributed by atoms with Crippen molar-refractivity contribution in [3.8, 4) is 0 Å². The summed E-state index contributed by atoms with van der Waals surface area (Å²) in [5.41, 5.74) is 1.44. The van der Waals surface area contributed by atoms with Gasteiger partial charge in [0.25, 0.3) is 0 Å². The van der Waals surface area contributed by atoms with Crippen molar-refractivity contribution in [2.45, 2.75) is 39.0 Å². The fourth-order valence-corrected chi connectivity index (χ4v) is 1.61. The van der Waals surface area contributed by atoms with Crippen LogP contribution in [0.3, 0.4) is 0 Å². The van der Waals surface area contributed by atoms with Crippen molar-refractivity contribution in [3.05, 3.63) is 42.0 Å². The Bertz CT molecular complexity index is 505. The smallest absolute Gasteiger partial charge is 0.162 e. The molecule has 2 heterocycles. The van der Waals surface area contributed by atoms with E-state index in [1.165, 1.54) is 0 Å². The van der Waals surface area contributed by atoms with Crippen LogP contribution in [0.25, 0.3) is 0 Å². The second kappa shape index (κ2) is 4.76. The minimum absolute atomic E-state index is 0.379. The highest BCUT2D eigenvalue weighted by Crippen LogP contribution is 2.26. The summed E-state index contributed by atoms with van der Waals surface area (Å²) < 4.78 is 0. The van der Waals surface area contributed by atoms with E-state index in [1.54, 1.807) is 18.6 Å². The van der Waals surface area contributed by atoms with Crippen molar-refractivity contribution in [3.63, 3.8) is 0 Å². The third-order valence-electron chi connectivity index (χ3n) is 2.95. The molecule has 0 saturated heterocycles. The maximum atomic E-state index is 4.48. The highest BCUT2D eigenvalue weighted by molar-refractivity contribution is 5.22. The molecule has 0 N–H and O–H groups in total. The zero-order valence-electron chi connectivity index (χ0n) is 11.1. The fourth-order valence-electron chi connectivity index (χ4n) is 1.61. The normalized spacial score (nSPS) is 11.8. The third kappa shape index (κ3) is 2.34. The van der Waals surface area contributed by atoms with Gasteiger partial charge >= 0.3 is 0 Å². The van der Waals surface area contributed by atoms with E-state index in [0.717, 1.165) is 11.4 Å². The van der Waals surface area contributed by atoms with Crippen LogP contribution in [0.2, 0.25) is 0 Å². The van der Waals surface area contributed by atoms with Crippen LogP contribution in [0.5, 0.6) is 0 Å². The summed E-state index contributed by atoms with van der Waals surface area (Å²) in [6.07, 6.45) is 6.82. The number of aromatic nitrogens is 5. The molecular weight excluding hydrogens is 226 g/mol. The third-order valence-corrected chi connectivity index (χ3v) is 2.95. The van der Waals surface area contributed by atoms with Gasteiger partial charge in [0.2, 0.25) is 0 Å². The molecule has 2 aromatic rings. The first-order valence-corrected chi connectivity index (χ1v) is 5.98. The van der Waals surface area contributed by atoms with E-state index in [2.05, 4.69) is 39.0 Å². The maximum Gasteiger partial charge on any atom is 0.162 e. The van der Waals surface area contributed by atoms with E-state index in [4.69, 9.17) is 0 Å². The van der Waals surface area contributed by atoms with Crippen LogP contribution in [-0.2, 0) is 5.41 Å². The van der Waals surface area contributed by atoms with Crippen LogP contribution in [-0.4, -0.2) is 25.1 Å². The van der Waals surface area contributed by atoms with E-state index >= 15 is 0 Å². The van der Waals surface area contributed by atoms with Gasteiger partial charge in [-0.3, -0.25) is 9.97 Å². The van der Waals surface area contributed by atoms with Gasteiger partial charge in [-0.25, -0.2) is 4.98 Å². The standard InChI is InChI=1S/C13H17N5/c1-9(2)10-7-16-11(8-15-10)13(3,4)12-14-5-6-17-18-12/h5-9H,1-4H3. The summed E-state index contributed by atoms with van der Waals surface area (Å²) in [4.78, 5) is 13.2. The van der Waals surface area contributed by atoms with Crippen molar-refractivity contribution in [1.82, 2.24) is 25.1 Å². The average Bonchev–Trinajstić information content (AvgIpc) is 2.40. The molecule has 5 nitrogen and oxygen atoms in total. The van der Waals surface area contributed by atoms with Crippen molar-refractivity contribution >= 4 is 0 Å². The van der Waals surface area contributed by atoms with E-state index in [0.29, 0.717) is 11.7 Å². The molecule has 0 saturated carbocycles. The van der Waals surface area contributed by atoms with Gasteiger partial charge < -0.3 is 0 Å². The van der Waals surface area contributed by atoms with Crippen LogP contribution in [0.15, 0.2) is 24.8 Å². The summed E-state index contributed by atoms with van der Waals surface area (Å²) in [7, 11) is 0. The van der Waals surface area contributed by atoms with Gasteiger partial charge in [0.05, 0.1) is 23.0 Å². The summed E-state index contributed by atoms with van der Waals surface area (Å²) >= 11 is 0. The Morgan fingerprint density at radius 3 is 2.28 bits per heavy atom. The molecule has 0 radical (unpaired) electrons. The second-order valence-electron chi connectivity index (χ2n) is 5.07. The minimum atomic E-state index is -0.392. The maximum absolute atomic E-state index is 4.48. The summed E-state index contributed by atoms with van der Waals surface area (Å²) in [6.45, 7) is 8.23. The van der Waals surface area contributed by atoms with Crippen molar-refractivity contribution in [1.29, 1.82) is 0 Å². The zero-order valence-corrected chi connectivity index (χ0v) is 11.1. The van der Waals surface area contributed by atoms with Gasteiger partial charge in [0.15, 0.2) is 5.82 Å². The van der Waals surface area contributed by atoms with Gasteiger partial charge in [-0.1, -0.05) is 13.8 Å². The minimum Gasteiger partial charge on any atom is -0.257 e. The summed E-state index contributed by atoms with van der Waals surface area (Å²) in [5, 5.41) is 7.92. The molecule has 0 aromatic carbocycles. The summed E-state index contributed by atoms with van der Waals surface area (Å²) in [6, 6.07) is 0. The Labute approximate surface area is 107 Å². The van der Waals surface area contributed by atoms with E-state index < -0.39 is 5.41 Å². The van der Waals surface area contributed by atoms with Gasteiger partial charge in [-0.2, -0.15) is 5.10 Å². The number of rotatable bonds is 3. The van der Waals surface area contributed by atoms with Crippen LogP contribution < -0.4 is 0 Å². The molecule has 0 amide bonds. The Morgan fingerprint density at radius 2 is 1.78 bits per heavy atom. The Kier molecular flexibility index (Phi) is 3.32. The molecule has 18 heavy (non-hydrogen) atoms. The second-order valence-corrected chi connectivity index (χ2v) is 5.07. The van der Waals surface area contributed by atoms with Gasteiger partial charge in [0.1, 0.15) is 0 Å². The average molecular weight is 243 g/mol. The molecule has 0 bridgehead atoms. The molecule has 0 atom stereocenters. The molecular formula is C13H17N5. The summed E-state index contributed by atoms with van der Waals surface area (Å²) in [5.74, 6) is 1.03. The Balaban J connectivity index is 2.36. The van der Waals surface area contributed by atoms with Crippen LogP contribution in [0.4, 0.5) is 0 Å². The SMILES string of the molecule is CC(C)c1cnc(C(C)(C)c2nccnn2)cn1. The quantitative estimate of drug-likeness (QED) is 0.826. The molecule has 5 heteroatoms. The van der Waals surface area contributed by atoms with Crippen molar-refractivity contribution < 1.29 is 0 Å². The van der Waals surface area contributed by atoms with Crippen molar-refractivity contribution in [2.24, 2.45) is 0 Å². The van der Waals surface area contributed by atoms with Crippen LogP contribution in [0, 0.1) is 0 Å². The molecule has 2 aromatic heterocycles. The first-order valence-electron chi connectivity index (χ1n) is 5.98.